The van der Waals surface area contributed by atoms with Crippen molar-refractivity contribution in [1.82, 2.24) is 25.8 Å². The molecule has 0 aromatic rings. The Morgan fingerprint density at radius 2 is 1.91 bits per heavy atom. The van der Waals surface area contributed by atoms with E-state index in [1.165, 1.54) is 6.08 Å². The maximum atomic E-state index is 13.3. The van der Waals surface area contributed by atoms with Gasteiger partial charge in [-0.2, -0.15) is 0 Å². The second kappa shape index (κ2) is 10.9. The molecule has 3 aliphatic rings. The fourth-order valence-corrected chi connectivity index (χ4v) is 4.23. The van der Waals surface area contributed by atoms with E-state index in [1.807, 2.05) is 0 Å². The average molecular weight is 516 g/mol. The van der Waals surface area contributed by atoms with Crippen LogP contribution in [-0.4, -0.2) is 81.3 Å². The number of rotatable bonds is 7. The van der Waals surface area contributed by atoms with Crippen molar-refractivity contribution in [3.8, 4) is 0 Å². The van der Waals surface area contributed by atoms with Crippen molar-refractivity contribution in [3.63, 3.8) is 0 Å². The highest BCUT2D eigenvalue weighted by Crippen LogP contribution is 2.29. The van der Waals surface area contributed by atoms with Crippen molar-refractivity contribution >= 4 is 59.2 Å². The van der Waals surface area contributed by atoms with E-state index in [1.54, 1.807) is 0 Å². The van der Waals surface area contributed by atoms with Crippen LogP contribution in [0.2, 0.25) is 0 Å². The summed E-state index contributed by atoms with van der Waals surface area (Å²) in [6, 6.07) is -3.28. The van der Waals surface area contributed by atoms with Gasteiger partial charge in [-0.25, -0.2) is 19.8 Å². The van der Waals surface area contributed by atoms with Gasteiger partial charge >= 0.3 is 12.0 Å². The topological polar surface area (TPSA) is 156 Å². The van der Waals surface area contributed by atoms with E-state index in [4.69, 9.17) is 28.3 Å². The van der Waals surface area contributed by atoms with Crippen LogP contribution >= 0.6 is 23.2 Å². The van der Waals surface area contributed by atoms with Gasteiger partial charge in [-0.05, 0) is 31.8 Å². The number of carbonyl (C=O) groups is 6. The molecule has 0 unspecified atom stereocenters. The lowest BCUT2D eigenvalue weighted by atomic mass is 10.0. The zero-order valence-corrected chi connectivity index (χ0v) is 19.5. The molecule has 14 heteroatoms. The van der Waals surface area contributed by atoms with Crippen molar-refractivity contribution < 1.29 is 33.9 Å². The third kappa shape index (κ3) is 5.68. The molecule has 0 aromatic heterocycles. The summed E-state index contributed by atoms with van der Waals surface area (Å²) in [4.78, 5) is 73.7. The van der Waals surface area contributed by atoms with Crippen molar-refractivity contribution in [2.45, 2.75) is 50.6 Å². The average Bonchev–Trinajstić information content (AvgIpc) is 2.92. The largest absolute Gasteiger partial charge is 0.481 e. The highest BCUT2D eigenvalue weighted by atomic mass is 35.5. The molecule has 184 valence electrons. The normalized spacial score (nSPS) is 21.9. The van der Waals surface area contributed by atoms with Gasteiger partial charge in [-0.15, -0.1) is 0 Å². The molecule has 34 heavy (non-hydrogen) atoms. The summed E-state index contributed by atoms with van der Waals surface area (Å²) >= 11 is 11.9. The number of aliphatic carboxylic acids is 1. The van der Waals surface area contributed by atoms with Gasteiger partial charge in [0.15, 0.2) is 0 Å². The number of halogens is 2. The molecule has 0 saturated carbocycles. The lowest BCUT2D eigenvalue weighted by Crippen LogP contribution is -2.64. The van der Waals surface area contributed by atoms with Crippen molar-refractivity contribution in [3.05, 3.63) is 21.7 Å². The number of hydrogen-bond acceptors (Lipinski definition) is 6. The Hall–Kier alpha value is -3.12. The van der Waals surface area contributed by atoms with Crippen LogP contribution in [0.1, 0.15) is 38.5 Å². The van der Waals surface area contributed by atoms with Gasteiger partial charge in [0, 0.05) is 23.6 Å². The molecule has 2 saturated heterocycles. The smallest absolute Gasteiger partial charge is 0.358 e. The van der Waals surface area contributed by atoms with Crippen LogP contribution in [0, 0.1) is 0 Å². The quantitative estimate of drug-likeness (QED) is 0.419. The third-order valence-electron chi connectivity index (χ3n) is 5.56. The molecule has 2 atom stereocenters. The first kappa shape index (κ1) is 25.5. The Kier molecular flexibility index (Phi) is 8.15. The molecule has 2 heterocycles. The van der Waals surface area contributed by atoms with Gasteiger partial charge in [0.25, 0.3) is 5.91 Å². The summed E-state index contributed by atoms with van der Waals surface area (Å²) in [5, 5.41) is 14.9. The van der Waals surface area contributed by atoms with E-state index in [0.717, 1.165) is 15.0 Å². The first-order valence-electron chi connectivity index (χ1n) is 10.6. The summed E-state index contributed by atoms with van der Waals surface area (Å²) in [7, 11) is 0. The number of nitrogens with one attached hydrogen (secondary N) is 2. The molecule has 12 nitrogen and oxygen atoms in total. The van der Waals surface area contributed by atoms with Crippen molar-refractivity contribution in [2.24, 2.45) is 0 Å². The monoisotopic (exact) mass is 515 g/mol. The van der Waals surface area contributed by atoms with E-state index in [0.29, 0.717) is 29.9 Å². The SMILES string of the molecule is O=C[C@H](CC(=O)O)NC(=O)[C@@H]1CCCN2C(=O)CCN(NC(=O)C3=CC(Cl)=C(Cl)CC3)C(=O)N12. The first-order chi connectivity index (χ1) is 16.1. The first-order valence-corrected chi connectivity index (χ1v) is 11.3. The minimum Gasteiger partial charge on any atom is -0.481 e. The number of aldehydes is 1. The highest BCUT2D eigenvalue weighted by Gasteiger charge is 2.44. The maximum absolute atomic E-state index is 13.3. The molecular formula is C20H23Cl2N5O7. The maximum Gasteiger partial charge on any atom is 0.358 e. The number of carboxylic acid groups (broad SMARTS) is 1. The van der Waals surface area contributed by atoms with Crippen molar-refractivity contribution in [2.75, 3.05) is 13.1 Å². The Bertz CT molecular complexity index is 982. The summed E-state index contributed by atoms with van der Waals surface area (Å²) in [6.45, 7) is 0.0603. The Balaban J connectivity index is 1.80. The number of carboxylic acids is 1. The van der Waals surface area contributed by atoms with Crippen molar-refractivity contribution in [1.29, 1.82) is 0 Å². The van der Waals surface area contributed by atoms with E-state index in [9.17, 15) is 28.8 Å². The minimum absolute atomic E-state index is 0.0988. The zero-order valence-electron chi connectivity index (χ0n) is 18.0. The number of allylic oxidation sites excluding steroid dienone is 3. The molecule has 1 aliphatic carbocycles. The Morgan fingerprint density at radius 3 is 2.56 bits per heavy atom. The van der Waals surface area contributed by atoms with E-state index in [2.05, 4.69) is 10.7 Å². The second-order valence-electron chi connectivity index (χ2n) is 7.92. The van der Waals surface area contributed by atoms with Crippen LogP contribution in [0.15, 0.2) is 21.7 Å². The van der Waals surface area contributed by atoms with E-state index in [-0.39, 0.29) is 37.2 Å². The van der Waals surface area contributed by atoms with Crippen LogP contribution in [0.5, 0.6) is 0 Å². The lowest BCUT2D eigenvalue weighted by Gasteiger charge is -2.43. The third-order valence-corrected chi connectivity index (χ3v) is 6.38. The summed E-state index contributed by atoms with van der Waals surface area (Å²) in [6.07, 6.45) is 2.21. The molecular weight excluding hydrogens is 493 g/mol. The second-order valence-corrected chi connectivity index (χ2v) is 8.78. The number of hydrazine groups is 2. The van der Waals surface area contributed by atoms with Crippen LogP contribution < -0.4 is 10.7 Å². The molecule has 3 rings (SSSR count). The molecule has 5 amide bonds. The van der Waals surface area contributed by atoms with Crippen LogP contribution in [0.3, 0.4) is 0 Å². The van der Waals surface area contributed by atoms with E-state index < -0.39 is 48.2 Å². The summed E-state index contributed by atoms with van der Waals surface area (Å²) < 4.78 is 0. The number of fused-ring (bicyclic) bond motifs is 1. The van der Waals surface area contributed by atoms with Crippen LogP contribution in [0.4, 0.5) is 4.79 Å². The van der Waals surface area contributed by atoms with Gasteiger partial charge in [-0.1, -0.05) is 23.2 Å². The molecule has 0 radical (unpaired) electrons. The number of nitrogens with zero attached hydrogens (tertiary/aromatic N) is 3. The number of amides is 5. The standard InChI is InChI=1S/C20H23Cl2N5O7/c21-13-4-3-11(8-14(13)22)18(32)24-25-7-5-16(29)26-6-1-2-15(27(26)20(25)34)19(33)23-12(10-28)9-17(30)31/h8,10,12,15H,1-7,9H2,(H,23,33)(H,24,32)(H,30,31)/t12-,15-/m0/s1. The lowest BCUT2D eigenvalue weighted by molar-refractivity contribution is -0.155. The van der Waals surface area contributed by atoms with E-state index >= 15 is 0 Å². The summed E-state index contributed by atoms with van der Waals surface area (Å²) in [5.41, 5.74) is 2.77. The minimum atomic E-state index is -1.29. The van der Waals surface area contributed by atoms with Crippen LogP contribution in [-0.2, 0) is 24.0 Å². The number of hydrogen-bond donors (Lipinski definition) is 3. The molecule has 0 aromatic carbocycles. The fourth-order valence-electron chi connectivity index (χ4n) is 3.86. The molecule has 2 fully saturated rings. The zero-order chi connectivity index (χ0) is 25.0. The molecule has 2 aliphatic heterocycles. The van der Waals surface area contributed by atoms with Gasteiger partial charge in [0.2, 0.25) is 11.8 Å². The number of urea groups is 1. The van der Waals surface area contributed by atoms with Gasteiger partial charge in [-0.3, -0.25) is 24.6 Å². The summed E-state index contributed by atoms with van der Waals surface area (Å²) in [5.74, 6) is -3.09. The Labute approximate surface area is 204 Å². The van der Waals surface area contributed by atoms with Gasteiger partial charge < -0.3 is 15.2 Å². The van der Waals surface area contributed by atoms with Gasteiger partial charge in [0.1, 0.15) is 12.3 Å². The van der Waals surface area contributed by atoms with Crippen LogP contribution in [0.25, 0.3) is 0 Å². The highest BCUT2D eigenvalue weighted by molar-refractivity contribution is 6.40. The molecule has 0 bridgehead atoms. The Morgan fingerprint density at radius 1 is 1.18 bits per heavy atom. The predicted molar refractivity (Wildman–Crippen MR) is 118 cm³/mol. The fraction of sp³-hybridized carbons (Fsp3) is 0.500. The number of carbonyl (C=O) groups excluding carboxylic acids is 5. The van der Waals surface area contributed by atoms with Gasteiger partial charge in [0.05, 0.1) is 24.0 Å². The molecule has 0 spiro atoms. The predicted octanol–water partition coefficient (Wildman–Crippen LogP) is 0.619. The molecule has 3 N–H and O–H groups in total.